The standard InChI is InChI=1S/C57H33N3OS/c1-2-14-36(15-3-1)48-33-49(60-57(59-48)46-23-12-26-51-52(46)44-19-7-9-25-50(44)62-51)37-29-27-35(28-30-37)39-20-11-22-41-42-31-32-45-53(56(42)61-55(39)41)43-18-6-8-24-47(43)58-54(45)40-21-10-16-34-13-4-5-17-38(34)40/h1-33H. The molecule has 5 heteroatoms. The van der Waals surface area contributed by atoms with Gasteiger partial charge in [0.2, 0.25) is 0 Å². The molecule has 62 heavy (non-hydrogen) atoms. The average molecular weight is 808 g/mol. The lowest BCUT2D eigenvalue weighted by Gasteiger charge is -2.12. The number of nitrogens with zero attached hydrogens (tertiary/aromatic N) is 3. The van der Waals surface area contributed by atoms with E-state index in [1.807, 2.05) is 17.4 Å². The van der Waals surface area contributed by atoms with Crippen LogP contribution < -0.4 is 0 Å². The highest BCUT2D eigenvalue weighted by Gasteiger charge is 2.21. The highest BCUT2D eigenvalue weighted by atomic mass is 32.1. The van der Waals surface area contributed by atoms with Gasteiger partial charge in [0.05, 0.1) is 22.6 Å². The molecule has 0 unspecified atom stereocenters. The highest BCUT2D eigenvalue weighted by Crippen LogP contribution is 2.45. The second-order valence-electron chi connectivity index (χ2n) is 15.8. The van der Waals surface area contributed by atoms with E-state index >= 15 is 0 Å². The molecule has 0 atom stereocenters. The molecule has 0 aliphatic rings. The molecule has 0 radical (unpaired) electrons. The van der Waals surface area contributed by atoms with Crippen LogP contribution in [0.2, 0.25) is 0 Å². The van der Waals surface area contributed by atoms with Gasteiger partial charge in [-0.25, -0.2) is 15.0 Å². The SMILES string of the molecule is c1ccc(-c2cc(-c3ccc(-c4cccc5c4oc4c5ccc5c(-c6cccc7ccccc67)nc6ccccc6c54)cc3)nc(-c3cccc4sc5ccccc5c34)n2)cc1. The van der Waals surface area contributed by atoms with Crippen molar-refractivity contribution in [3.05, 3.63) is 200 Å². The van der Waals surface area contributed by atoms with Gasteiger partial charge in [-0.3, -0.25) is 0 Å². The van der Waals surface area contributed by atoms with Crippen molar-refractivity contribution in [2.45, 2.75) is 0 Å². The lowest BCUT2D eigenvalue weighted by Crippen LogP contribution is -1.96. The van der Waals surface area contributed by atoms with E-state index in [4.69, 9.17) is 19.4 Å². The third-order valence-electron chi connectivity index (χ3n) is 12.3. The topological polar surface area (TPSA) is 51.8 Å². The number of pyridine rings is 1. The Morgan fingerprint density at radius 2 is 0.952 bits per heavy atom. The van der Waals surface area contributed by atoms with Crippen molar-refractivity contribution in [1.82, 2.24) is 15.0 Å². The van der Waals surface area contributed by atoms with Crippen LogP contribution in [0.15, 0.2) is 205 Å². The molecule has 288 valence electrons. The van der Waals surface area contributed by atoms with E-state index in [0.29, 0.717) is 5.82 Å². The number of hydrogen-bond acceptors (Lipinski definition) is 5. The summed E-state index contributed by atoms with van der Waals surface area (Å²) in [6.07, 6.45) is 0. The summed E-state index contributed by atoms with van der Waals surface area (Å²) in [7, 11) is 0. The minimum absolute atomic E-state index is 0.713. The van der Waals surface area contributed by atoms with Gasteiger partial charge in [-0.05, 0) is 46.7 Å². The summed E-state index contributed by atoms with van der Waals surface area (Å²) in [5, 5.41) is 10.2. The van der Waals surface area contributed by atoms with E-state index in [1.165, 1.54) is 30.9 Å². The summed E-state index contributed by atoms with van der Waals surface area (Å²) in [5.74, 6) is 0.713. The summed E-state index contributed by atoms with van der Waals surface area (Å²) in [6, 6.07) is 70.6. The number of benzene rings is 9. The third kappa shape index (κ3) is 5.42. The number of fused-ring (bicyclic) bond motifs is 11. The molecule has 9 aromatic carbocycles. The summed E-state index contributed by atoms with van der Waals surface area (Å²) in [4.78, 5) is 15.8. The quantitative estimate of drug-likeness (QED) is 0.163. The van der Waals surface area contributed by atoms with Crippen LogP contribution in [0.3, 0.4) is 0 Å². The van der Waals surface area contributed by atoms with Crippen molar-refractivity contribution in [3.63, 3.8) is 0 Å². The maximum atomic E-state index is 7.09. The number of para-hydroxylation sites is 2. The van der Waals surface area contributed by atoms with Gasteiger partial charge in [0.25, 0.3) is 0 Å². The van der Waals surface area contributed by atoms with Gasteiger partial charge in [-0.1, -0.05) is 170 Å². The van der Waals surface area contributed by atoms with Crippen LogP contribution in [0.1, 0.15) is 0 Å². The normalized spacial score (nSPS) is 11.9. The lowest BCUT2D eigenvalue weighted by atomic mass is 9.95. The van der Waals surface area contributed by atoms with E-state index in [-0.39, 0.29) is 0 Å². The molecule has 0 aliphatic heterocycles. The van der Waals surface area contributed by atoms with Crippen molar-refractivity contribution in [3.8, 4) is 56.3 Å². The minimum Gasteiger partial charge on any atom is -0.455 e. The van der Waals surface area contributed by atoms with Crippen molar-refractivity contribution in [2.75, 3.05) is 0 Å². The van der Waals surface area contributed by atoms with Crippen LogP contribution in [-0.4, -0.2) is 15.0 Å². The second kappa shape index (κ2) is 13.8. The van der Waals surface area contributed by atoms with Crippen molar-refractivity contribution < 1.29 is 4.42 Å². The second-order valence-corrected chi connectivity index (χ2v) is 16.9. The molecule has 0 saturated carbocycles. The van der Waals surface area contributed by atoms with Gasteiger partial charge in [0, 0.05) is 74.9 Å². The van der Waals surface area contributed by atoms with Crippen LogP contribution in [0.5, 0.6) is 0 Å². The summed E-state index contributed by atoms with van der Waals surface area (Å²) in [5.41, 5.74) is 11.7. The number of thiophene rings is 1. The zero-order valence-corrected chi connectivity index (χ0v) is 34.0. The first-order chi connectivity index (χ1) is 30.7. The molecule has 0 fully saturated rings. The summed E-state index contributed by atoms with van der Waals surface area (Å²) < 4.78 is 9.58. The van der Waals surface area contributed by atoms with Gasteiger partial charge < -0.3 is 4.42 Å². The molecule has 13 aromatic rings. The maximum Gasteiger partial charge on any atom is 0.161 e. The Bertz CT molecular complexity index is 3920. The summed E-state index contributed by atoms with van der Waals surface area (Å²) in [6.45, 7) is 0. The molecule has 0 amide bonds. The minimum atomic E-state index is 0.713. The van der Waals surface area contributed by atoms with Crippen LogP contribution in [0.4, 0.5) is 0 Å². The van der Waals surface area contributed by atoms with Gasteiger partial charge in [0.1, 0.15) is 11.2 Å². The smallest absolute Gasteiger partial charge is 0.161 e. The lowest BCUT2D eigenvalue weighted by molar-refractivity contribution is 0.674. The molecule has 4 nitrogen and oxygen atoms in total. The predicted molar refractivity (Wildman–Crippen MR) is 260 cm³/mol. The molecular weight excluding hydrogens is 775 g/mol. The number of hydrogen-bond donors (Lipinski definition) is 0. The molecule has 4 aromatic heterocycles. The van der Waals surface area contributed by atoms with Crippen LogP contribution in [0, 0.1) is 0 Å². The van der Waals surface area contributed by atoms with E-state index in [2.05, 4.69) is 194 Å². The first kappa shape index (κ1) is 34.8. The van der Waals surface area contributed by atoms with Crippen LogP contribution in [0.25, 0.3) is 131 Å². The first-order valence-electron chi connectivity index (χ1n) is 20.8. The van der Waals surface area contributed by atoms with E-state index in [1.54, 1.807) is 0 Å². The Hall–Kier alpha value is -7.99. The van der Waals surface area contributed by atoms with Crippen LogP contribution in [-0.2, 0) is 0 Å². The number of aromatic nitrogens is 3. The summed E-state index contributed by atoms with van der Waals surface area (Å²) >= 11 is 1.81. The fraction of sp³-hybridized carbons (Fsp3) is 0. The predicted octanol–water partition coefficient (Wildman–Crippen LogP) is 15.9. The largest absolute Gasteiger partial charge is 0.455 e. The Labute approximate surface area is 360 Å². The maximum absolute atomic E-state index is 7.09. The molecule has 0 bridgehead atoms. The fourth-order valence-corrected chi connectivity index (χ4v) is 10.5. The molecule has 4 heterocycles. The molecule has 0 N–H and O–H groups in total. The van der Waals surface area contributed by atoms with E-state index < -0.39 is 0 Å². The van der Waals surface area contributed by atoms with E-state index in [9.17, 15) is 0 Å². The first-order valence-corrected chi connectivity index (χ1v) is 21.7. The van der Waals surface area contributed by atoms with Gasteiger partial charge in [-0.15, -0.1) is 11.3 Å². The number of rotatable bonds is 5. The molecule has 0 spiro atoms. The Morgan fingerprint density at radius 3 is 1.82 bits per heavy atom. The zero-order chi connectivity index (χ0) is 40.7. The van der Waals surface area contributed by atoms with Gasteiger partial charge in [0.15, 0.2) is 5.82 Å². The average Bonchev–Trinajstić information content (AvgIpc) is 3.93. The van der Waals surface area contributed by atoms with Crippen LogP contribution >= 0.6 is 11.3 Å². The molecule has 0 aliphatic carbocycles. The van der Waals surface area contributed by atoms with Gasteiger partial charge in [-0.2, -0.15) is 0 Å². The number of furan rings is 1. The van der Waals surface area contributed by atoms with Crippen molar-refractivity contribution in [1.29, 1.82) is 0 Å². The van der Waals surface area contributed by atoms with Crippen molar-refractivity contribution in [2.24, 2.45) is 0 Å². The van der Waals surface area contributed by atoms with E-state index in [0.717, 1.165) is 94.1 Å². The monoisotopic (exact) mass is 807 g/mol. The zero-order valence-electron chi connectivity index (χ0n) is 33.2. The fourth-order valence-electron chi connectivity index (χ4n) is 9.41. The Balaban J connectivity index is 0.965. The highest BCUT2D eigenvalue weighted by molar-refractivity contribution is 7.25. The molecule has 0 saturated heterocycles. The van der Waals surface area contributed by atoms with Gasteiger partial charge >= 0.3 is 0 Å². The third-order valence-corrected chi connectivity index (χ3v) is 13.4. The molecule has 13 rings (SSSR count). The Morgan fingerprint density at radius 1 is 0.355 bits per heavy atom. The van der Waals surface area contributed by atoms with Crippen molar-refractivity contribution >= 4 is 85.9 Å². The molecular formula is C57H33N3OS. The Kier molecular flexibility index (Phi) is 7.74.